The van der Waals surface area contributed by atoms with Gasteiger partial charge in [-0.2, -0.15) is 0 Å². The van der Waals surface area contributed by atoms with Crippen LogP contribution >= 0.6 is 0 Å². The summed E-state index contributed by atoms with van der Waals surface area (Å²) in [6, 6.07) is 5.43. The Labute approximate surface area is 135 Å². The molecule has 1 aromatic rings. The van der Waals surface area contributed by atoms with Gasteiger partial charge in [-0.1, -0.05) is 39.7 Å². The monoisotopic (exact) mass is 309 g/mol. The Morgan fingerprint density at radius 2 is 1.82 bits per heavy atom. The van der Waals surface area contributed by atoms with Crippen LogP contribution in [0.25, 0.3) is 0 Å². The summed E-state index contributed by atoms with van der Waals surface area (Å²) in [5.41, 5.74) is 7.31. The van der Waals surface area contributed by atoms with Crippen LogP contribution in [-0.2, 0) is 16.0 Å². The molecule has 0 spiro atoms. The number of ether oxygens (including phenoxy) is 2. The van der Waals surface area contributed by atoms with Crippen molar-refractivity contribution in [2.24, 2.45) is 0 Å². The van der Waals surface area contributed by atoms with Gasteiger partial charge in [0.2, 0.25) is 0 Å². The fraction of sp³-hybridized carbons (Fsp3) is 0.611. The number of benzene rings is 1. The first-order valence-electron chi connectivity index (χ1n) is 8.19. The minimum absolute atomic E-state index is 0.351. The molecule has 0 atom stereocenters. The van der Waals surface area contributed by atoms with E-state index < -0.39 is 0 Å². The van der Waals surface area contributed by atoms with E-state index in [1.165, 1.54) is 26.2 Å². The zero-order valence-electron chi connectivity index (χ0n) is 14.5. The maximum absolute atomic E-state index is 10.6. The molecule has 0 aliphatic rings. The molecule has 0 fully saturated rings. The molecule has 0 saturated carbocycles. The van der Waals surface area contributed by atoms with E-state index >= 15 is 0 Å². The number of nitrogen functional groups attached to an aromatic ring is 1. The predicted molar refractivity (Wildman–Crippen MR) is 92.2 cm³/mol. The number of unbranched alkanes of at least 4 members (excludes halogenated alkanes) is 2. The van der Waals surface area contributed by atoms with Gasteiger partial charge in [0, 0.05) is 20.1 Å². The van der Waals surface area contributed by atoms with Crippen LogP contribution in [0.3, 0.4) is 0 Å². The number of aryl methyl sites for hydroxylation is 1. The highest BCUT2D eigenvalue weighted by molar-refractivity contribution is 5.72. The number of carbonyl (C=O) groups excluding carboxylic acids is 1. The van der Waals surface area contributed by atoms with Crippen LogP contribution in [0.15, 0.2) is 18.2 Å². The largest absolute Gasteiger partial charge is 0.425 e. The third kappa shape index (κ3) is 10.2. The standard InChI is InChI=1S/C10H13NO2.C8H18O/c1-3-8-4-5-10(9(11)6-8)13-7(2)12;1-3-5-6-8-9-7-4-2/h4-6H,3,11H2,1-2H3;3-8H2,1-2H3. The number of nitrogens with two attached hydrogens (primary N) is 1. The molecule has 1 aromatic carbocycles. The normalized spacial score (nSPS) is 9.82. The summed E-state index contributed by atoms with van der Waals surface area (Å²) in [5, 5.41) is 0. The zero-order chi connectivity index (χ0) is 16.8. The molecule has 126 valence electrons. The van der Waals surface area contributed by atoms with Crippen molar-refractivity contribution in [3.63, 3.8) is 0 Å². The second kappa shape index (κ2) is 13.1. The van der Waals surface area contributed by atoms with Gasteiger partial charge in [-0.25, -0.2) is 0 Å². The second-order valence-electron chi connectivity index (χ2n) is 5.14. The molecule has 0 amide bonds. The number of carbonyl (C=O) groups is 1. The van der Waals surface area contributed by atoms with Crippen molar-refractivity contribution in [3.8, 4) is 5.75 Å². The Morgan fingerprint density at radius 3 is 2.32 bits per heavy atom. The van der Waals surface area contributed by atoms with Gasteiger partial charge in [-0.3, -0.25) is 4.79 Å². The van der Waals surface area contributed by atoms with Crippen LogP contribution in [-0.4, -0.2) is 19.2 Å². The highest BCUT2D eigenvalue weighted by Gasteiger charge is 2.03. The third-order valence-electron chi connectivity index (χ3n) is 2.98. The molecule has 4 heteroatoms. The number of hydrogen-bond acceptors (Lipinski definition) is 4. The Kier molecular flexibility index (Phi) is 12.2. The minimum atomic E-state index is -0.351. The third-order valence-corrected chi connectivity index (χ3v) is 2.98. The van der Waals surface area contributed by atoms with Crippen LogP contribution in [0.4, 0.5) is 5.69 Å². The molecular weight excluding hydrogens is 278 g/mol. The number of anilines is 1. The lowest BCUT2D eigenvalue weighted by molar-refractivity contribution is -0.131. The molecule has 22 heavy (non-hydrogen) atoms. The van der Waals surface area contributed by atoms with Crippen molar-refractivity contribution < 1.29 is 14.3 Å². The molecule has 1 rings (SSSR count). The van der Waals surface area contributed by atoms with Crippen molar-refractivity contribution in [1.29, 1.82) is 0 Å². The van der Waals surface area contributed by atoms with Crippen LogP contribution in [0.1, 0.15) is 58.9 Å². The Hall–Kier alpha value is -1.55. The van der Waals surface area contributed by atoms with Crippen molar-refractivity contribution in [1.82, 2.24) is 0 Å². The summed E-state index contributed by atoms with van der Waals surface area (Å²) in [7, 11) is 0. The van der Waals surface area contributed by atoms with E-state index in [4.69, 9.17) is 15.2 Å². The average Bonchev–Trinajstić information content (AvgIpc) is 2.49. The molecule has 0 bridgehead atoms. The molecular formula is C18H31NO3. The first-order valence-corrected chi connectivity index (χ1v) is 8.19. The molecule has 0 heterocycles. The van der Waals surface area contributed by atoms with Crippen molar-refractivity contribution in [2.75, 3.05) is 18.9 Å². The van der Waals surface area contributed by atoms with Crippen LogP contribution < -0.4 is 10.5 Å². The van der Waals surface area contributed by atoms with Gasteiger partial charge in [-0.15, -0.1) is 0 Å². The summed E-state index contributed by atoms with van der Waals surface area (Å²) < 4.78 is 10.2. The number of rotatable bonds is 8. The summed E-state index contributed by atoms with van der Waals surface area (Å²) >= 11 is 0. The number of hydrogen-bond donors (Lipinski definition) is 1. The molecule has 0 aliphatic carbocycles. The maximum atomic E-state index is 10.6. The van der Waals surface area contributed by atoms with Crippen molar-refractivity contribution >= 4 is 11.7 Å². The van der Waals surface area contributed by atoms with E-state index in [2.05, 4.69) is 13.8 Å². The molecule has 0 radical (unpaired) electrons. The predicted octanol–water partition coefficient (Wildman–Crippen LogP) is 4.36. The molecule has 0 aliphatic heterocycles. The molecule has 0 saturated heterocycles. The van der Waals surface area contributed by atoms with Crippen molar-refractivity contribution in [2.45, 2.75) is 59.8 Å². The highest BCUT2D eigenvalue weighted by Crippen LogP contribution is 2.22. The lowest BCUT2D eigenvalue weighted by atomic mass is 10.1. The van der Waals surface area contributed by atoms with E-state index in [1.807, 2.05) is 19.1 Å². The summed E-state index contributed by atoms with van der Waals surface area (Å²) in [6.45, 7) is 9.64. The van der Waals surface area contributed by atoms with E-state index in [0.29, 0.717) is 11.4 Å². The fourth-order valence-corrected chi connectivity index (χ4v) is 1.77. The van der Waals surface area contributed by atoms with Gasteiger partial charge in [0.25, 0.3) is 0 Å². The summed E-state index contributed by atoms with van der Waals surface area (Å²) in [4.78, 5) is 10.6. The van der Waals surface area contributed by atoms with E-state index in [9.17, 15) is 4.79 Å². The van der Waals surface area contributed by atoms with Gasteiger partial charge < -0.3 is 15.2 Å². The first-order chi connectivity index (χ1) is 10.5. The van der Waals surface area contributed by atoms with E-state index in [0.717, 1.165) is 31.6 Å². The lowest BCUT2D eigenvalue weighted by Gasteiger charge is -2.06. The summed E-state index contributed by atoms with van der Waals surface area (Å²) in [5.74, 6) is 0.0839. The van der Waals surface area contributed by atoms with E-state index in [-0.39, 0.29) is 5.97 Å². The average molecular weight is 309 g/mol. The van der Waals surface area contributed by atoms with Gasteiger partial charge in [0.15, 0.2) is 5.75 Å². The summed E-state index contributed by atoms with van der Waals surface area (Å²) in [6.07, 6.45) is 5.90. The smallest absolute Gasteiger partial charge is 0.308 e. The quantitative estimate of drug-likeness (QED) is 0.335. The fourth-order valence-electron chi connectivity index (χ4n) is 1.77. The van der Waals surface area contributed by atoms with Gasteiger partial charge in [0.1, 0.15) is 0 Å². The van der Waals surface area contributed by atoms with Crippen molar-refractivity contribution in [3.05, 3.63) is 23.8 Å². The Balaban J connectivity index is 0.000000433. The molecule has 2 N–H and O–H groups in total. The number of esters is 1. The Bertz CT molecular complexity index is 413. The SMILES string of the molecule is CCCCCOCCC.CCc1ccc(OC(C)=O)c(N)c1. The maximum Gasteiger partial charge on any atom is 0.308 e. The Morgan fingerprint density at radius 1 is 1.09 bits per heavy atom. The minimum Gasteiger partial charge on any atom is -0.425 e. The van der Waals surface area contributed by atoms with Gasteiger partial charge in [0.05, 0.1) is 5.69 Å². The van der Waals surface area contributed by atoms with E-state index in [1.54, 1.807) is 6.07 Å². The molecule has 0 unspecified atom stereocenters. The molecule has 4 nitrogen and oxygen atoms in total. The van der Waals surface area contributed by atoms with Crippen LogP contribution in [0.2, 0.25) is 0 Å². The van der Waals surface area contributed by atoms with Gasteiger partial charge >= 0.3 is 5.97 Å². The lowest BCUT2D eigenvalue weighted by Crippen LogP contribution is -2.04. The second-order valence-corrected chi connectivity index (χ2v) is 5.14. The van der Waals surface area contributed by atoms with Crippen LogP contribution in [0, 0.1) is 0 Å². The molecule has 0 aromatic heterocycles. The van der Waals surface area contributed by atoms with Crippen LogP contribution in [0.5, 0.6) is 5.75 Å². The first kappa shape index (κ1) is 20.5. The topological polar surface area (TPSA) is 61.5 Å². The zero-order valence-corrected chi connectivity index (χ0v) is 14.5. The highest BCUT2D eigenvalue weighted by atomic mass is 16.5. The van der Waals surface area contributed by atoms with Gasteiger partial charge in [-0.05, 0) is 37.0 Å².